The fourth-order valence-electron chi connectivity index (χ4n) is 4.68. The predicted molar refractivity (Wildman–Crippen MR) is 131 cm³/mol. The Kier molecular flexibility index (Phi) is 5.74. The second-order valence-corrected chi connectivity index (χ2v) is 10.4. The summed E-state index contributed by atoms with van der Waals surface area (Å²) in [5, 5.41) is 4.76. The number of ether oxygens (including phenoxy) is 1. The van der Waals surface area contributed by atoms with E-state index >= 15 is 0 Å². The normalized spacial score (nSPS) is 17.8. The van der Waals surface area contributed by atoms with Gasteiger partial charge in [-0.3, -0.25) is 9.78 Å². The summed E-state index contributed by atoms with van der Waals surface area (Å²) in [5.41, 5.74) is 5.89. The van der Waals surface area contributed by atoms with Crippen molar-refractivity contribution in [2.45, 2.75) is 33.2 Å². The molecule has 1 saturated heterocycles. The van der Waals surface area contributed by atoms with Gasteiger partial charge in [-0.1, -0.05) is 26.0 Å². The Labute approximate surface area is 193 Å². The van der Waals surface area contributed by atoms with Crippen LogP contribution in [0.5, 0.6) is 0 Å². The number of hydrogen-bond donors (Lipinski definition) is 1. The van der Waals surface area contributed by atoms with Gasteiger partial charge in [0.1, 0.15) is 0 Å². The lowest BCUT2D eigenvalue weighted by molar-refractivity contribution is 0.0918. The van der Waals surface area contributed by atoms with Crippen molar-refractivity contribution in [3.05, 3.63) is 64.8 Å². The molecule has 32 heavy (non-hydrogen) atoms. The number of anilines is 2. The Hall–Kier alpha value is -2.70. The first-order chi connectivity index (χ1) is 15.5. The topological polar surface area (TPSA) is 54.5 Å². The second kappa shape index (κ2) is 8.68. The third-order valence-corrected chi connectivity index (χ3v) is 7.57. The monoisotopic (exact) mass is 447 g/mol. The summed E-state index contributed by atoms with van der Waals surface area (Å²) in [4.78, 5) is 20.5. The van der Waals surface area contributed by atoms with E-state index in [0.29, 0.717) is 6.42 Å². The lowest BCUT2D eigenvalue weighted by Crippen LogP contribution is -2.36. The first kappa shape index (κ1) is 21.2. The van der Waals surface area contributed by atoms with Crippen LogP contribution >= 0.6 is 11.3 Å². The van der Waals surface area contributed by atoms with Gasteiger partial charge in [0.15, 0.2) is 5.78 Å². The maximum absolute atomic E-state index is 13.1. The molecule has 2 aromatic heterocycles. The fourth-order valence-corrected chi connectivity index (χ4v) is 6.01. The molecular weight excluding hydrogens is 418 g/mol. The molecule has 0 unspecified atom stereocenters. The highest BCUT2D eigenvalue weighted by atomic mass is 32.1. The van der Waals surface area contributed by atoms with Crippen LogP contribution in [0.15, 0.2) is 48.8 Å². The lowest BCUT2D eigenvalue weighted by atomic mass is 9.75. The lowest BCUT2D eigenvalue weighted by Gasteiger charge is -2.30. The molecule has 3 heterocycles. The van der Waals surface area contributed by atoms with Crippen molar-refractivity contribution in [2.75, 3.05) is 36.5 Å². The van der Waals surface area contributed by atoms with Gasteiger partial charge < -0.3 is 15.0 Å². The number of hydrogen-bond acceptors (Lipinski definition) is 6. The van der Waals surface area contributed by atoms with Crippen molar-refractivity contribution < 1.29 is 9.53 Å². The zero-order chi connectivity index (χ0) is 22.1. The van der Waals surface area contributed by atoms with Gasteiger partial charge in [0.25, 0.3) is 0 Å². The van der Waals surface area contributed by atoms with Gasteiger partial charge in [0.2, 0.25) is 0 Å². The molecule has 1 aliphatic heterocycles. The number of carbonyl (C=O) groups is 1. The van der Waals surface area contributed by atoms with Crippen LogP contribution in [0.2, 0.25) is 0 Å². The molecule has 0 amide bonds. The van der Waals surface area contributed by atoms with Crippen LogP contribution < -0.4 is 10.2 Å². The number of rotatable bonds is 5. The van der Waals surface area contributed by atoms with Crippen molar-refractivity contribution in [1.29, 1.82) is 0 Å². The number of morpholine rings is 1. The van der Waals surface area contributed by atoms with Crippen molar-refractivity contribution >= 4 is 27.8 Å². The van der Waals surface area contributed by atoms with E-state index in [2.05, 4.69) is 53.3 Å². The molecule has 1 fully saturated rings. The minimum Gasteiger partial charge on any atom is -0.381 e. The zero-order valence-electron chi connectivity index (χ0n) is 18.7. The smallest absolute Gasteiger partial charge is 0.173 e. The van der Waals surface area contributed by atoms with E-state index in [9.17, 15) is 4.79 Å². The van der Waals surface area contributed by atoms with Gasteiger partial charge >= 0.3 is 0 Å². The summed E-state index contributed by atoms with van der Waals surface area (Å²) in [6.07, 6.45) is 5.19. The molecule has 1 N–H and O–H groups in total. The quantitative estimate of drug-likeness (QED) is 0.566. The summed E-state index contributed by atoms with van der Waals surface area (Å²) < 4.78 is 5.60. The number of Topliss-reactive ketones (excluding diaryl/α,β-unsaturated/α-hetero) is 1. The van der Waals surface area contributed by atoms with Crippen molar-refractivity contribution in [3.8, 4) is 11.1 Å². The van der Waals surface area contributed by atoms with Crippen molar-refractivity contribution in [1.82, 2.24) is 4.98 Å². The number of aromatic nitrogens is 1. The second-order valence-electron chi connectivity index (χ2n) is 9.42. The minimum atomic E-state index is -0.0145. The number of pyridine rings is 1. The maximum Gasteiger partial charge on any atom is 0.173 e. The average molecular weight is 448 g/mol. The van der Waals surface area contributed by atoms with Gasteiger partial charge in [0.05, 0.1) is 23.1 Å². The molecule has 2 aliphatic rings. The largest absolute Gasteiger partial charge is 0.381 e. The van der Waals surface area contributed by atoms with Crippen molar-refractivity contribution in [2.24, 2.45) is 5.41 Å². The third kappa shape index (κ3) is 4.30. The number of carbonyl (C=O) groups excluding carboxylic acids is 1. The average Bonchev–Trinajstić information content (AvgIpc) is 3.18. The number of nitrogens with zero attached hydrogens (tertiary/aromatic N) is 2. The summed E-state index contributed by atoms with van der Waals surface area (Å²) >= 11 is 1.68. The summed E-state index contributed by atoms with van der Waals surface area (Å²) in [7, 11) is 0. The standard InChI is InChI=1S/C26H29N3O2S/c1-26(2)15-21-23(25(29-10-12-31-13-11-29)32-24(21)22(30)16-26)19-4-3-5-20(14-19)28-17-18-6-8-27-9-7-18/h3-9,14,28H,10-13,15-17H2,1-2H3. The van der Waals surface area contributed by atoms with E-state index in [0.717, 1.165) is 49.8 Å². The van der Waals surface area contributed by atoms with Crippen LogP contribution in [0.3, 0.4) is 0 Å². The van der Waals surface area contributed by atoms with E-state index in [1.807, 2.05) is 24.5 Å². The van der Waals surface area contributed by atoms with Crippen LogP contribution in [0.4, 0.5) is 10.7 Å². The number of thiophene rings is 1. The van der Waals surface area contributed by atoms with Gasteiger partial charge in [-0.25, -0.2) is 0 Å². The Bertz CT molecular complexity index is 1120. The minimum absolute atomic E-state index is 0.0145. The van der Waals surface area contributed by atoms with Crippen LogP contribution in [0, 0.1) is 5.41 Å². The maximum atomic E-state index is 13.1. The summed E-state index contributed by atoms with van der Waals surface area (Å²) in [5.74, 6) is 0.286. The number of benzene rings is 1. The summed E-state index contributed by atoms with van der Waals surface area (Å²) in [6, 6.07) is 12.7. The van der Waals surface area contributed by atoms with E-state index in [-0.39, 0.29) is 11.2 Å². The van der Waals surface area contributed by atoms with E-state index < -0.39 is 0 Å². The SMILES string of the molecule is CC1(C)CC(=O)c2sc(N3CCOCC3)c(-c3cccc(NCc4ccncc4)c3)c2C1. The Morgan fingerprint density at radius 2 is 1.91 bits per heavy atom. The molecule has 1 aliphatic carbocycles. The van der Waals surface area contributed by atoms with Gasteiger partial charge in [0, 0.05) is 49.7 Å². The zero-order valence-corrected chi connectivity index (χ0v) is 19.5. The first-order valence-corrected chi connectivity index (χ1v) is 12.1. The van der Waals surface area contributed by atoms with Crippen molar-refractivity contribution in [3.63, 3.8) is 0 Å². The molecule has 6 heteroatoms. The molecular formula is C26H29N3O2S. The van der Waals surface area contributed by atoms with E-state index in [1.165, 1.54) is 27.3 Å². The summed E-state index contributed by atoms with van der Waals surface area (Å²) in [6.45, 7) is 8.35. The van der Waals surface area contributed by atoms with Gasteiger partial charge in [-0.05, 0) is 52.8 Å². The van der Waals surface area contributed by atoms with Gasteiger partial charge in [-0.2, -0.15) is 0 Å². The highest BCUT2D eigenvalue weighted by Crippen LogP contribution is 2.49. The molecule has 1 aromatic carbocycles. The third-order valence-electron chi connectivity index (χ3n) is 6.23. The Balaban J connectivity index is 1.54. The number of ketones is 1. The molecule has 0 radical (unpaired) electrons. The number of nitrogens with one attached hydrogen (secondary N) is 1. The van der Waals surface area contributed by atoms with Crippen LogP contribution in [0.25, 0.3) is 11.1 Å². The predicted octanol–water partition coefficient (Wildman–Crippen LogP) is 5.41. The molecule has 166 valence electrons. The molecule has 0 bridgehead atoms. The van der Waals surface area contributed by atoms with E-state index in [4.69, 9.17) is 4.74 Å². The fraction of sp³-hybridized carbons (Fsp3) is 0.385. The van der Waals surface area contributed by atoms with Crippen LogP contribution in [-0.4, -0.2) is 37.1 Å². The molecule has 5 rings (SSSR count). The molecule has 5 nitrogen and oxygen atoms in total. The highest BCUT2D eigenvalue weighted by molar-refractivity contribution is 7.19. The molecule has 3 aromatic rings. The number of fused-ring (bicyclic) bond motifs is 1. The van der Waals surface area contributed by atoms with E-state index in [1.54, 1.807) is 11.3 Å². The van der Waals surface area contributed by atoms with Crippen LogP contribution in [-0.2, 0) is 17.7 Å². The molecule has 0 saturated carbocycles. The first-order valence-electron chi connectivity index (χ1n) is 11.2. The van der Waals surface area contributed by atoms with Gasteiger partial charge in [-0.15, -0.1) is 11.3 Å². The highest BCUT2D eigenvalue weighted by Gasteiger charge is 2.37. The van der Waals surface area contributed by atoms with Crippen LogP contribution in [0.1, 0.15) is 41.1 Å². The Morgan fingerprint density at radius 1 is 1.12 bits per heavy atom. The molecule has 0 atom stereocenters. The Morgan fingerprint density at radius 3 is 2.69 bits per heavy atom. The molecule has 0 spiro atoms.